The Hall–Kier alpha value is -3.22. The van der Waals surface area contributed by atoms with E-state index in [9.17, 15) is 4.39 Å². The van der Waals surface area contributed by atoms with Crippen LogP contribution in [-0.4, -0.2) is 49.8 Å². The molecule has 1 aliphatic heterocycles. The highest BCUT2D eigenvalue weighted by Crippen LogP contribution is 2.34. The van der Waals surface area contributed by atoms with Gasteiger partial charge in [0.05, 0.1) is 12.4 Å². The van der Waals surface area contributed by atoms with Gasteiger partial charge in [0.25, 0.3) is 0 Å². The molecule has 0 radical (unpaired) electrons. The van der Waals surface area contributed by atoms with Gasteiger partial charge in [0.15, 0.2) is 5.82 Å². The summed E-state index contributed by atoms with van der Waals surface area (Å²) in [6.07, 6.45) is 2.99. The standard InChI is InChI=1S/C27H35FN6/c1-5-20(4)34-18-33(25(26(34)16-28)15-10-19(2)3)17-21-11-13-22(14-12-21)23-8-6-7-9-24(23)27-29-31-32-30-27/h6-9,11-14,19-20H,5,10,15-18H2,1-4H3,(H,29,30,31,32). The van der Waals surface area contributed by atoms with Crippen molar-refractivity contribution in [2.75, 3.05) is 13.3 Å². The number of alkyl halides is 1. The van der Waals surface area contributed by atoms with E-state index < -0.39 is 6.67 Å². The molecule has 6 nitrogen and oxygen atoms in total. The molecule has 2 aromatic carbocycles. The minimum atomic E-state index is -0.402. The van der Waals surface area contributed by atoms with Gasteiger partial charge >= 0.3 is 0 Å². The van der Waals surface area contributed by atoms with Gasteiger partial charge in [-0.2, -0.15) is 0 Å². The molecule has 1 atom stereocenters. The van der Waals surface area contributed by atoms with Gasteiger partial charge in [0.1, 0.15) is 6.67 Å². The van der Waals surface area contributed by atoms with Crippen molar-refractivity contribution < 1.29 is 4.39 Å². The van der Waals surface area contributed by atoms with Crippen LogP contribution in [0.25, 0.3) is 22.5 Å². The molecule has 7 heteroatoms. The molecule has 180 valence electrons. The van der Waals surface area contributed by atoms with Crippen LogP contribution in [0.3, 0.4) is 0 Å². The fourth-order valence-electron chi connectivity index (χ4n) is 4.58. The van der Waals surface area contributed by atoms with E-state index in [0.29, 0.717) is 17.8 Å². The van der Waals surface area contributed by atoms with Crippen LogP contribution in [0.15, 0.2) is 59.9 Å². The Balaban J connectivity index is 1.56. The number of nitrogens with zero attached hydrogens (tertiary/aromatic N) is 5. The number of aromatic amines is 1. The van der Waals surface area contributed by atoms with Crippen LogP contribution in [0.5, 0.6) is 0 Å². The zero-order valence-electron chi connectivity index (χ0n) is 20.6. The van der Waals surface area contributed by atoms with Crippen molar-refractivity contribution in [1.29, 1.82) is 0 Å². The van der Waals surface area contributed by atoms with E-state index in [0.717, 1.165) is 54.9 Å². The number of tetrazole rings is 1. The maximum atomic E-state index is 14.2. The van der Waals surface area contributed by atoms with E-state index in [4.69, 9.17) is 0 Å². The minimum Gasteiger partial charge on any atom is -0.351 e. The first-order chi connectivity index (χ1) is 16.5. The number of allylic oxidation sites excluding steroid dienone is 2. The lowest BCUT2D eigenvalue weighted by Crippen LogP contribution is -2.34. The van der Waals surface area contributed by atoms with Crippen molar-refractivity contribution in [2.24, 2.45) is 5.92 Å². The summed E-state index contributed by atoms with van der Waals surface area (Å²) in [5, 5.41) is 14.4. The average molecular weight is 463 g/mol. The Labute approximate surface area is 201 Å². The van der Waals surface area contributed by atoms with Crippen LogP contribution in [-0.2, 0) is 6.54 Å². The van der Waals surface area contributed by atoms with Gasteiger partial charge in [-0.15, -0.1) is 5.10 Å². The van der Waals surface area contributed by atoms with E-state index in [-0.39, 0.29) is 0 Å². The fraction of sp³-hybridized carbons (Fsp3) is 0.444. The van der Waals surface area contributed by atoms with Gasteiger partial charge < -0.3 is 9.80 Å². The summed E-state index contributed by atoms with van der Waals surface area (Å²) in [7, 11) is 0. The van der Waals surface area contributed by atoms with Crippen LogP contribution in [0.4, 0.5) is 4.39 Å². The van der Waals surface area contributed by atoms with E-state index >= 15 is 0 Å². The molecular formula is C27H35FN6. The summed E-state index contributed by atoms with van der Waals surface area (Å²) in [4.78, 5) is 4.62. The Kier molecular flexibility index (Phi) is 7.60. The highest BCUT2D eigenvalue weighted by atomic mass is 19.1. The number of H-pyrrole nitrogens is 1. The third-order valence-corrected chi connectivity index (χ3v) is 6.76. The van der Waals surface area contributed by atoms with Crippen LogP contribution in [0, 0.1) is 5.92 Å². The molecule has 0 saturated carbocycles. The molecule has 1 unspecified atom stereocenters. The number of halogens is 1. The maximum absolute atomic E-state index is 14.2. The molecule has 0 fully saturated rings. The number of benzene rings is 2. The first kappa shape index (κ1) is 23.9. The second-order valence-electron chi connectivity index (χ2n) is 9.52. The molecule has 0 aliphatic carbocycles. The molecule has 0 amide bonds. The molecule has 3 aromatic rings. The van der Waals surface area contributed by atoms with Gasteiger partial charge in [-0.05, 0) is 59.2 Å². The first-order valence-corrected chi connectivity index (χ1v) is 12.2. The molecule has 2 heterocycles. The molecule has 0 bridgehead atoms. The normalized spacial score (nSPS) is 15.0. The predicted molar refractivity (Wildman–Crippen MR) is 134 cm³/mol. The summed E-state index contributed by atoms with van der Waals surface area (Å²) in [5.74, 6) is 1.24. The first-order valence-electron chi connectivity index (χ1n) is 12.2. The predicted octanol–water partition coefficient (Wildman–Crippen LogP) is 6.02. The van der Waals surface area contributed by atoms with Gasteiger partial charge in [-0.1, -0.05) is 69.3 Å². The summed E-state index contributed by atoms with van der Waals surface area (Å²) in [5.41, 5.74) is 6.42. The molecular weight excluding hydrogens is 427 g/mol. The van der Waals surface area contributed by atoms with Gasteiger partial charge in [-0.25, -0.2) is 9.49 Å². The quantitative estimate of drug-likeness (QED) is 0.399. The Morgan fingerprint density at radius 1 is 1.00 bits per heavy atom. The minimum absolute atomic E-state index is 0.328. The van der Waals surface area contributed by atoms with E-state index in [1.807, 2.05) is 18.2 Å². The summed E-state index contributed by atoms with van der Waals surface area (Å²) < 4.78 is 14.2. The van der Waals surface area contributed by atoms with Crippen molar-refractivity contribution >= 4 is 0 Å². The van der Waals surface area contributed by atoms with Crippen LogP contribution in [0.2, 0.25) is 0 Å². The van der Waals surface area contributed by atoms with Crippen LogP contribution < -0.4 is 0 Å². The highest BCUT2D eigenvalue weighted by molar-refractivity contribution is 5.80. The lowest BCUT2D eigenvalue weighted by atomic mass is 9.98. The van der Waals surface area contributed by atoms with Crippen molar-refractivity contribution in [3.63, 3.8) is 0 Å². The van der Waals surface area contributed by atoms with Crippen LogP contribution in [0.1, 0.15) is 52.5 Å². The van der Waals surface area contributed by atoms with E-state index in [2.05, 4.69) is 88.5 Å². The van der Waals surface area contributed by atoms with Crippen molar-refractivity contribution in [3.8, 4) is 22.5 Å². The van der Waals surface area contributed by atoms with Crippen molar-refractivity contribution in [2.45, 2.75) is 59.5 Å². The number of hydrogen-bond donors (Lipinski definition) is 1. The van der Waals surface area contributed by atoms with Crippen LogP contribution >= 0.6 is 0 Å². The lowest BCUT2D eigenvalue weighted by Gasteiger charge is -2.29. The smallest absolute Gasteiger partial charge is 0.180 e. The third-order valence-electron chi connectivity index (χ3n) is 6.76. The third kappa shape index (κ3) is 5.13. The topological polar surface area (TPSA) is 60.9 Å². The molecule has 1 aliphatic rings. The lowest BCUT2D eigenvalue weighted by molar-refractivity contribution is 0.187. The Bertz CT molecular complexity index is 1090. The largest absolute Gasteiger partial charge is 0.351 e. The fourth-order valence-corrected chi connectivity index (χ4v) is 4.58. The maximum Gasteiger partial charge on any atom is 0.180 e. The highest BCUT2D eigenvalue weighted by Gasteiger charge is 2.31. The summed E-state index contributed by atoms with van der Waals surface area (Å²) in [6.45, 7) is 9.95. The Morgan fingerprint density at radius 2 is 1.74 bits per heavy atom. The van der Waals surface area contributed by atoms with Gasteiger partial charge in [-0.3, -0.25) is 0 Å². The monoisotopic (exact) mass is 462 g/mol. The number of aromatic nitrogens is 4. The summed E-state index contributed by atoms with van der Waals surface area (Å²) >= 11 is 0. The van der Waals surface area contributed by atoms with Crippen molar-refractivity contribution in [1.82, 2.24) is 30.4 Å². The zero-order valence-corrected chi connectivity index (χ0v) is 20.6. The van der Waals surface area contributed by atoms with Gasteiger partial charge in [0, 0.05) is 23.8 Å². The Morgan fingerprint density at radius 3 is 2.35 bits per heavy atom. The average Bonchev–Trinajstić information content (AvgIpc) is 3.51. The van der Waals surface area contributed by atoms with Gasteiger partial charge in [0.2, 0.25) is 0 Å². The van der Waals surface area contributed by atoms with Crippen molar-refractivity contribution in [3.05, 3.63) is 65.5 Å². The number of rotatable bonds is 10. The molecule has 1 aromatic heterocycles. The molecule has 4 rings (SSSR count). The second-order valence-corrected chi connectivity index (χ2v) is 9.52. The number of hydrogen-bond acceptors (Lipinski definition) is 5. The zero-order chi connectivity index (χ0) is 24.1. The SMILES string of the molecule is CCC(C)N1CN(Cc2ccc(-c3ccccc3-c3nnn[nH]3)cc2)C(CCC(C)C)=C1CF. The molecule has 0 saturated heterocycles. The number of nitrogens with one attached hydrogen (secondary N) is 1. The van der Waals surface area contributed by atoms with E-state index in [1.165, 1.54) is 11.3 Å². The molecule has 0 spiro atoms. The second kappa shape index (κ2) is 10.8. The summed E-state index contributed by atoms with van der Waals surface area (Å²) in [6, 6.07) is 17.1. The molecule has 34 heavy (non-hydrogen) atoms. The van der Waals surface area contributed by atoms with E-state index in [1.54, 1.807) is 0 Å². The molecule has 1 N–H and O–H groups in total.